The van der Waals surface area contributed by atoms with Crippen molar-refractivity contribution in [1.82, 2.24) is 10.3 Å². The van der Waals surface area contributed by atoms with Crippen LogP contribution in [0.1, 0.15) is 31.3 Å². The summed E-state index contributed by atoms with van der Waals surface area (Å²) >= 11 is 5.99. The molecule has 0 aliphatic rings. The number of rotatable bonds is 4. The number of hydrogen-bond donors (Lipinski definition) is 1. The summed E-state index contributed by atoms with van der Waals surface area (Å²) in [6.07, 6.45) is 1.44. The molecule has 1 aromatic heterocycles. The van der Waals surface area contributed by atoms with Crippen LogP contribution in [-0.2, 0) is 0 Å². The lowest BCUT2D eigenvalue weighted by molar-refractivity contribution is -0.384. The van der Waals surface area contributed by atoms with E-state index in [1.165, 1.54) is 30.5 Å². The zero-order valence-corrected chi connectivity index (χ0v) is 14.1. The molecule has 0 unspecified atom stereocenters. The first-order valence-electron chi connectivity index (χ1n) is 7.06. The maximum absolute atomic E-state index is 12.1. The van der Waals surface area contributed by atoms with Gasteiger partial charge in [-0.05, 0) is 32.9 Å². The van der Waals surface area contributed by atoms with E-state index >= 15 is 0 Å². The van der Waals surface area contributed by atoms with Crippen molar-refractivity contribution in [2.24, 2.45) is 0 Å². The number of carbonyl (C=O) groups excluding carboxylic acids is 1. The fourth-order valence-corrected chi connectivity index (χ4v) is 2.03. The van der Waals surface area contributed by atoms with E-state index in [4.69, 9.17) is 16.3 Å². The SMILES string of the molecule is CC(C)(C)NC(=O)c1cc(Oc2ccc([N+](=O)[O-])cc2Cl)ccn1. The maximum Gasteiger partial charge on any atom is 0.271 e. The molecule has 0 fully saturated rings. The van der Waals surface area contributed by atoms with Gasteiger partial charge < -0.3 is 10.1 Å². The van der Waals surface area contributed by atoms with Crippen molar-refractivity contribution in [2.45, 2.75) is 26.3 Å². The van der Waals surface area contributed by atoms with E-state index in [0.717, 1.165) is 0 Å². The summed E-state index contributed by atoms with van der Waals surface area (Å²) in [6.45, 7) is 5.59. The Morgan fingerprint density at radius 3 is 2.58 bits per heavy atom. The summed E-state index contributed by atoms with van der Waals surface area (Å²) in [5, 5.41) is 13.6. The summed E-state index contributed by atoms with van der Waals surface area (Å²) in [5.41, 5.74) is -0.329. The number of halogens is 1. The monoisotopic (exact) mass is 349 g/mol. The van der Waals surface area contributed by atoms with Crippen LogP contribution < -0.4 is 10.1 Å². The first kappa shape index (κ1) is 17.7. The lowest BCUT2D eigenvalue weighted by Gasteiger charge is -2.20. The van der Waals surface area contributed by atoms with E-state index < -0.39 is 10.5 Å². The molecule has 0 radical (unpaired) electrons. The van der Waals surface area contributed by atoms with Gasteiger partial charge in [-0.2, -0.15) is 0 Å². The molecular formula is C16H16ClN3O4. The molecule has 1 aromatic carbocycles. The largest absolute Gasteiger partial charge is 0.456 e. The van der Waals surface area contributed by atoms with E-state index in [0.29, 0.717) is 5.75 Å². The number of aromatic nitrogens is 1. The van der Waals surface area contributed by atoms with E-state index in [1.54, 1.807) is 6.07 Å². The van der Waals surface area contributed by atoms with Gasteiger partial charge in [0.2, 0.25) is 0 Å². The number of carbonyl (C=O) groups is 1. The van der Waals surface area contributed by atoms with Crippen LogP contribution in [0.5, 0.6) is 11.5 Å². The van der Waals surface area contributed by atoms with Gasteiger partial charge in [0, 0.05) is 29.9 Å². The van der Waals surface area contributed by atoms with Crippen LogP contribution in [0.2, 0.25) is 5.02 Å². The molecule has 0 bridgehead atoms. The fourth-order valence-electron chi connectivity index (χ4n) is 1.82. The second-order valence-electron chi connectivity index (χ2n) is 6.05. The molecule has 2 aromatic rings. The van der Waals surface area contributed by atoms with E-state index in [-0.39, 0.29) is 28.1 Å². The summed E-state index contributed by atoms with van der Waals surface area (Å²) in [4.78, 5) is 26.3. The minimum absolute atomic E-state index is 0.0988. The van der Waals surface area contributed by atoms with Crippen molar-refractivity contribution in [3.05, 3.63) is 57.4 Å². The number of non-ortho nitro benzene ring substituents is 1. The molecule has 0 atom stereocenters. The molecule has 1 heterocycles. The Labute approximate surface area is 143 Å². The van der Waals surface area contributed by atoms with Gasteiger partial charge in [0.25, 0.3) is 11.6 Å². The second kappa shape index (κ2) is 6.84. The molecule has 1 amide bonds. The number of nitro benzene ring substituents is 1. The highest BCUT2D eigenvalue weighted by atomic mass is 35.5. The van der Waals surface area contributed by atoms with Crippen molar-refractivity contribution < 1.29 is 14.5 Å². The molecule has 7 nitrogen and oxygen atoms in total. The molecule has 1 N–H and O–H groups in total. The molecule has 0 saturated carbocycles. The molecule has 2 rings (SSSR count). The van der Waals surface area contributed by atoms with Gasteiger partial charge in [-0.3, -0.25) is 19.9 Å². The zero-order valence-electron chi connectivity index (χ0n) is 13.4. The summed E-state index contributed by atoms with van der Waals surface area (Å²) in [5.74, 6) is 0.262. The van der Waals surface area contributed by atoms with Crippen LogP contribution in [-0.4, -0.2) is 21.4 Å². The molecule has 24 heavy (non-hydrogen) atoms. The Hall–Kier alpha value is -2.67. The number of amides is 1. The van der Waals surface area contributed by atoms with Gasteiger partial charge in [-0.15, -0.1) is 0 Å². The first-order chi connectivity index (χ1) is 11.2. The number of nitrogens with zero attached hydrogens (tertiary/aromatic N) is 2. The lowest BCUT2D eigenvalue weighted by atomic mass is 10.1. The Balaban J connectivity index is 2.21. The Bertz CT molecular complexity index is 787. The minimum atomic E-state index is -0.545. The van der Waals surface area contributed by atoms with Gasteiger partial charge in [-0.1, -0.05) is 11.6 Å². The van der Waals surface area contributed by atoms with E-state index in [9.17, 15) is 14.9 Å². The predicted octanol–water partition coefficient (Wildman–Crippen LogP) is 3.96. The van der Waals surface area contributed by atoms with E-state index in [2.05, 4.69) is 10.3 Å². The van der Waals surface area contributed by atoms with Crippen molar-refractivity contribution in [1.29, 1.82) is 0 Å². The van der Waals surface area contributed by atoms with Crippen molar-refractivity contribution in [2.75, 3.05) is 0 Å². The predicted molar refractivity (Wildman–Crippen MR) is 89.6 cm³/mol. The Morgan fingerprint density at radius 2 is 2.00 bits per heavy atom. The zero-order chi connectivity index (χ0) is 17.9. The van der Waals surface area contributed by atoms with Crippen LogP contribution in [0.15, 0.2) is 36.5 Å². The lowest BCUT2D eigenvalue weighted by Crippen LogP contribution is -2.40. The third-order valence-electron chi connectivity index (χ3n) is 2.81. The third kappa shape index (κ3) is 4.66. The third-order valence-corrected chi connectivity index (χ3v) is 3.10. The highest BCUT2D eigenvalue weighted by molar-refractivity contribution is 6.32. The van der Waals surface area contributed by atoms with Gasteiger partial charge in [-0.25, -0.2) is 0 Å². The number of nitro groups is 1. The molecular weight excluding hydrogens is 334 g/mol. The number of benzene rings is 1. The summed E-state index contributed by atoms with van der Waals surface area (Å²) < 4.78 is 5.59. The molecule has 8 heteroatoms. The van der Waals surface area contributed by atoms with Crippen LogP contribution in [0, 0.1) is 10.1 Å². The fraction of sp³-hybridized carbons (Fsp3) is 0.250. The van der Waals surface area contributed by atoms with Crippen molar-refractivity contribution in [3.63, 3.8) is 0 Å². The normalized spacial score (nSPS) is 11.0. The van der Waals surface area contributed by atoms with Gasteiger partial charge in [0.05, 0.1) is 9.95 Å². The molecule has 126 valence electrons. The minimum Gasteiger partial charge on any atom is -0.456 e. The van der Waals surface area contributed by atoms with Gasteiger partial charge >= 0.3 is 0 Å². The molecule has 0 aliphatic heterocycles. The van der Waals surface area contributed by atoms with Gasteiger partial charge in [0.1, 0.15) is 17.2 Å². The van der Waals surface area contributed by atoms with Crippen LogP contribution in [0.25, 0.3) is 0 Å². The average molecular weight is 350 g/mol. The van der Waals surface area contributed by atoms with Crippen molar-refractivity contribution in [3.8, 4) is 11.5 Å². The number of ether oxygens (including phenoxy) is 1. The molecule has 0 saturated heterocycles. The first-order valence-corrected chi connectivity index (χ1v) is 7.44. The highest BCUT2D eigenvalue weighted by Gasteiger charge is 2.17. The Kier molecular flexibility index (Phi) is 5.04. The molecule has 0 spiro atoms. The quantitative estimate of drug-likeness (QED) is 0.665. The smallest absolute Gasteiger partial charge is 0.271 e. The number of hydrogen-bond acceptors (Lipinski definition) is 5. The maximum atomic E-state index is 12.1. The highest BCUT2D eigenvalue weighted by Crippen LogP contribution is 2.32. The standard InChI is InChI=1S/C16H16ClN3O4/c1-16(2,3)19-15(21)13-9-11(6-7-18-13)24-14-5-4-10(20(22)23)8-12(14)17/h4-9H,1-3H3,(H,19,21). The second-order valence-corrected chi connectivity index (χ2v) is 6.46. The summed E-state index contributed by atoms with van der Waals surface area (Å²) in [6, 6.07) is 6.92. The molecule has 0 aliphatic carbocycles. The van der Waals surface area contributed by atoms with E-state index in [1.807, 2.05) is 20.8 Å². The number of nitrogens with one attached hydrogen (secondary N) is 1. The Morgan fingerprint density at radius 1 is 1.29 bits per heavy atom. The van der Waals surface area contributed by atoms with Crippen molar-refractivity contribution >= 4 is 23.2 Å². The number of pyridine rings is 1. The van der Waals surface area contributed by atoms with Gasteiger partial charge in [0.15, 0.2) is 0 Å². The van der Waals surface area contributed by atoms with Crippen LogP contribution >= 0.6 is 11.6 Å². The van der Waals surface area contributed by atoms with Crippen LogP contribution in [0.4, 0.5) is 5.69 Å². The average Bonchev–Trinajstić information content (AvgIpc) is 2.47. The van der Waals surface area contributed by atoms with Crippen LogP contribution in [0.3, 0.4) is 0 Å². The summed E-state index contributed by atoms with van der Waals surface area (Å²) in [7, 11) is 0. The topological polar surface area (TPSA) is 94.4 Å².